The number of hydrogen-bond acceptors (Lipinski definition) is 3. The Bertz CT molecular complexity index is 427. The molecule has 0 amide bonds. The first-order chi connectivity index (χ1) is 10.1. The number of ether oxygens (including phenoxy) is 1. The third-order valence-corrected chi connectivity index (χ3v) is 4.37. The molecule has 21 heavy (non-hydrogen) atoms. The van der Waals surface area contributed by atoms with Crippen LogP contribution in [0, 0.1) is 0 Å². The van der Waals surface area contributed by atoms with E-state index in [1.165, 1.54) is 12.0 Å². The Morgan fingerprint density at radius 2 is 1.95 bits per heavy atom. The highest BCUT2D eigenvalue weighted by molar-refractivity contribution is 5.35. The van der Waals surface area contributed by atoms with Crippen molar-refractivity contribution in [3.63, 3.8) is 0 Å². The first-order valence-corrected chi connectivity index (χ1v) is 8.32. The molecule has 0 radical (unpaired) electrons. The number of aliphatic hydroxyl groups is 1. The average molecular weight is 291 g/mol. The zero-order valence-electron chi connectivity index (χ0n) is 13.4. The van der Waals surface area contributed by atoms with Gasteiger partial charge in [0, 0.05) is 11.6 Å². The highest BCUT2D eigenvalue weighted by atomic mass is 16.5. The Kier molecular flexibility index (Phi) is 6.07. The second kappa shape index (κ2) is 7.81. The largest absolute Gasteiger partial charge is 0.490 e. The Labute approximate surface area is 128 Å². The van der Waals surface area contributed by atoms with E-state index >= 15 is 0 Å². The fourth-order valence-electron chi connectivity index (χ4n) is 3.01. The van der Waals surface area contributed by atoms with Gasteiger partial charge in [0.2, 0.25) is 0 Å². The van der Waals surface area contributed by atoms with Crippen LogP contribution < -0.4 is 10.1 Å². The van der Waals surface area contributed by atoms with E-state index in [4.69, 9.17) is 4.74 Å². The number of rotatable bonds is 7. The molecule has 3 heteroatoms. The average Bonchev–Trinajstić information content (AvgIpc) is 2.52. The van der Waals surface area contributed by atoms with Crippen molar-refractivity contribution in [2.45, 2.75) is 64.0 Å². The lowest BCUT2D eigenvalue weighted by molar-refractivity contribution is -0.0341. The third kappa shape index (κ3) is 4.72. The van der Waals surface area contributed by atoms with Gasteiger partial charge in [-0.05, 0) is 38.8 Å². The smallest absolute Gasteiger partial charge is 0.124 e. The molecule has 2 rings (SSSR count). The highest BCUT2D eigenvalue weighted by Crippen LogP contribution is 2.30. The van der Waals surface area contributed by atoms with Gasteiger partial charge in [-0.3, -0.25) is 0 Å². The molecule has 1 saturated carbocycles. The molecule has 1 aromatic carbocycles. The molecule has 1 fully saturated rings. The Morgan fingerprint density at radius 1 is 1.24 bits per heavy atom. The van der Waals surface area contributed by atoms with Crippen LogP contribution in [-0.2, 0) is 0 Å². The van der Waals surface area contributed by atoms with E-state index in [0.29, 0.717) is 6.61 Å². The summed E-state index contributed by atoms with van der Waals surface area (Å²) in [4.78, 5) is 0. The predicted octanol–water partition coefficient (Wildman–Crippen LogP) is 3.82. The summed E-state index contributed by atoms with van der Waals surface area (Å²) in [6.07, 6.45) is 6.29. The standard InChI is InChI=1S/C18H29NO2/c1-3-13-19-15(2)16-9-5-6-10-17(16)21-14-18(20)11-7-4-8-12-18/h5-6,9-10,15,19-20H,3-4,7-8,11-14H2,1-2H3. The lowest BCUT2D eigenvalue weighted by Crippen LogP contribution is -2.38. The van der Waals surface area contributed by atoms with Gasteiger partial charge in [-0.2, -0.15) is 0 Å². The van der Waals surface area contributed by atoms with Crippen molar-refractivity contribution in [3.8, 4) is 5.75 Å². The van der Waals surface area contributed by atoms with E-state index in [-0.39, 0.29) is 6.04 Å². The van der Waals surface area contributed by atoms with E-state index in [0.717, 1.165) is 44.4 Å². The molecule has 1 aliphatic rings. The Hall–Kier alpha value is -1.06. The summed E-state index contributed by atoms with van der Waals surface area (Å²) >= 11 is 0. The van der Waals surface area contributed by atoms with Crippen molar-refractivity contribution in [3.05, 3.63) is 29.8 Å². The zero-order chi connectivity index (χ0) is 15.1. The van der Waals surface area contributed by atoms with Gasteiger partial charge in [0.15, 0.2) is 0 Å². The zero-order valence-corrected chi connectivity index (χ0v) is 13.4. The van der Waals surface area contributed by atoms with Gasteiger partial charge in [-0.15, -0.1) is 0 Å². The minimum absolute atomic E-state index is 0.266. The summed E-state index contributed by atoms with van der Waals surface area (Å²) in [6.45, 7) is 5.73. The van der Waals surface area contributed by atoms with Gasteiger partial charge in [-0.25, -0.2) is 0 Å². The van der Waals surface area contributed by atoms with E-state index in [1.807, 2.05) is 18.2 Å². The fourth-order valence-corrected chi connectivity index (χ4v) is 3.01. The summed E-state index contributed by atoms with van der Waals surface area (Å²) in [5.41, 5.74) is 0.538. The minimum atomic E-state index is -0.633. The molecule has 1 aliphatic carbocycles. The van der Waals surface area contributed by atoms with E-state index in [9.17, 15) is 5.11 Å². The van der Waals surface area contributed by atoms with Crippen LogP contribution >= 0.6 is 0 Å². The van der Waals surface area contributed by atoms with Crippen molar-refractivity contribution in [1.29, 1.82) is 0 Å². The molecule has 0 aromatic heterocycles. The Balaban J connectivity index is 1.99. The number of para-hydroxylation sites is 1. The van der Waals surface area contributed by atoms with Crippen molar-refractivity contribution in [1.82, 2.24) is 5.32 Å². The molecule has 1 aromatic rings. The lowest BCUT2D eigenvalue weighted by Gasteiger charge is -2.32. The van der Waals surface area contributed by atoms with E-state index < -0.39 is 5.60 Å². The summed E-state index contributed by atoms with van der Waals surface area (Å²) < 4.78 is 5.99. The maximum absolute atomic E-state index is 10.6. The molecule has 118 valence electrons. The second-order valence-electron chi connectivity index (χ2n) is 6.29. The fraction of sp³-hybridized carbons (Fsp3) is 0.667. The van der Waals surface area contributed by atoms with Crippen molar-refractivity contribution >= 4 is 0 Å². The van der Waals surface area contributed by atoms with Gasteiger partial charge in [0.25, 0.3) is 0 Å². The van der Waals surface area contributed by atoms with Crippen LogP contribution in [0.2, 0.25) is 0 Å². The van der Waals surface area contributed by atoms with Crippen LogP contribution in [0.3, 0.4) is 0 Å². The van der Waals surface area contributed by atoms with Crippen molar-refractivity contribution in [2.75, 3.05) is 13.2 Å². The summed E-state index contributed by atoms with van der Waals surface area (Å²) in [5, 5.41) is 14.1. The molecular formula is C18H29NO2. The maximum Gasteiger partial charge on any atom is 0.124 e. The van der Waals surface area contributed by atoms with Crippen LogP contribution in [0.4, 0.5) is 0 Å². The van der Waals surface area contributed by atoms with Crippen molar-refractivity contribution in [2.24, 2.45) is 0 Å². The molecule has 0 heterocycles. The third-order valence-electron chi connectivity index (χ3n) is 4.37. The monoisotopic (exact) mass is 291 g/mol. The van der Waals surface area contributed by atoms with Crippen LogP contribution in [-0.4, -0.2) is 23.9 Å². The van der Waals surface area contributed by atoms with Crippen LogP contribution in [0.25, 0.3) is 0 Å². The number of nitrogens with one attached hydrogen (secondary N) is 1. The number of benzene rings is 1. The van der Waals surface area contributed by atoms with Gasteiger partial charge in [0.1, 0.15) is 12.4 Å². The van der Waals surface area contributed by atoms with E-state index in [1.54, 1.807) is 0 Å². The maximum atomic E-state index is 10.6. The van der Waals surface area contributed by atoms with E-state index in [2.05, 4.69) is 25.2 Å². The van der Waals surface area contributed by atoms with Gasteiger partial charge in [-0.1, -0.05) is 44.4 Å². The quantitative estimate of drug-likeness (QED) is 0.802. The molecule has 1 atom stereocenters. The lowest BCUT2D eigenvalue weighted by atomic mass is 9.85. The van der Waals surface area contributed by atoms with Crippen molar-refractivity contribution < 1.29 is 9.84 Å². The molecule has 0 bridgehead atoms. The summed E-state index contributed by atoms with van der Waals surface area (Å²) in [7, 11) is 0. The van der Waals surface area contributed by atoms with Crippen LogP contribution in [0.5, 0.6) is 5.75 Å². The molecule has 0 saturated heterocycles. The van der Waals surface area contributed by atoms with Crippen LogP contribution in [0.1, 0.15) is 64.0 Å². The van der Waals surface area contributed by atoms with Crippen LogP contribution in [0.15, 0.2) is 24.3 Å². The van der Waals surface area contributed by atoms with Gasteiger partial charge >= 0.3 is 0 Å². The molecule has 3 nitrogen and oxygen atoms in total. The molecule has 0 aliphatic heterocycles. The topological polar surface area (TPSA) is 41.5 Å². The molecular weight excluding hydrogens is 262 g/mol. The first kappa shape index (κ1) is 16.3. The molecule has 2 N–H and O–H groups in total. The predicted molar refractivity (Wildman–Crippen MR) is 86.7 cm³/mol. The number of hydrogen-bond donors (Lipinski definition) is 2. The van der Waals surface area contributed by atoms with Gasteiger partial charge in [0.05, 0.1) is 5.60 Å². The Morgan fingerprint density at radius 3 is 2.67 bits per heavy atom. The minimum Gasteiger partial charge on any atom is -0.490 e. The SMILES string of the molecule is CCCNC(C)c1ccccc1OCC1(O)CCCCC1. The summed E-state index contributed by atoms with van der Waals surface area (Å²) in [6, 6.07) is 8.42. The summed E-state index contributed by atoms with van der Waals surface area (Å²) in [5.74, 6) is 0.896. The second-order valence-corrected chi connectivity index (χ2v) is 6.29. The first-order valence-electron chi connectivity index (χ1n) is 8.32. The normalized spacial score (nSPS) is 19.2. The van der Waals surface area contributed by atoms with Gasteiger partial charge < -0.3 is 15.2 Å². The highest BCUT2D eigenvalue weighted by Gasteiger charge is 2.30. The molecule has 0 spiro atoms. The molecule has 1 unspecified atom stereocenters.